The monoisotopic (exact) mass is 238 g/mol. The van der Waals surface area contributed by atoms with E-state index < -0.39 is 0 Å². The number of rotatable bonds is 2. The molecule has 0 radical (unpaired) electrons. The maximum atomic E-state index is 5.77. The van der Waals surface area contributed by atoms with Crippen molar-refractivity contribution in [1.29, 1.82) is 0 Å². The van der Waals surface area contributed by atoms with E-state index in [4.69, 9.17) is 18.1 Å². The van der Waals surface area contributed by atoms with Gasteiger partial charge in [-0.15, -0.1) is 11.8 Å². The minimum absolute atomic E-state index is 0.418. The number of benzene rings is 1. The minimum atomic E-state index is 0.418. The SMILES string of the molecule is CSc1ccccc1-c1n[nH]c(=S)n1N. The maximum absolute atomic E-state index is 5.77. The Hall–Kier alpha value is -1.27. The number of H-pyrrole nitrogens is 1. The van der Waals surface area contributed by atoms with E-state index in [1.807, 2.05) is 30.5 Å². The summed E-state index contributed by atoms with van der Waals surface area (Å²) >= 11 is 6.62. The van der Waals surface area contributed by atoms with Gasteiger partial charge in [0.25, 0.3) is 0 Å². The molecule has 1 heterocycles. The molecule has 0 bridgehead atoms. The first-order chi connectivity index (χ1) is 7.24. The third-order valence-electron chi connectivity index (χ3n) is 2.05. The molecule has 4 nitrogen and oxygen atoms in total. The predicted molar refractivity (Wildman–Crippen MR) is 64.8 cm³/mol. The van der Waals surface area contributed by atoms with Crippen molar-refractivity contribution in [2.45, 2.75) is 4.90 Å². The summed E-state index contributed by atoms with van der Waals surface area (Å²) in [5.74, 6) is 6.43. The fraction of sp³-hybridized carbons (Fsp3) is 0.111. The fourth-order valence-electron chi connectivity index (χ4n) is 1.32. The van der Waals surface area contributed by atoms with Crippen molar-refractivity contribution in [3.05, 3.63) is 29.0 Å². The van der Waals surface area contributed by atoms with E-state index in [9.17, 15) is 0 Å². The second-order valence-corrected chi connectivity index (χ2v) is 4.16. The number of nitrogens with zero attached hydrogens (tertiary/aromatic N) is 2. The molecular formula is C9H10N4S2. The van der Waals surface area contributed by atoms with Crippen LogP contribution in [0.2, 0.25) is 0 Å². The molecule has 15 heavy (non-hydrogen) atoms. The van der Waals surface area contributed by atoms with Crippen molar-refractivity contribution in [3.8, 4) is 11.4 Å². The van der Waals surface area contributed by atoms with Gasteiger partial charge in [0.2, 0.25) is 4.77 Å². The second kappa shape index (κ2) is 4.08. The van der Waals surface area contributed by atoms with Crippen molar-refractivity contribution in [1.82, 2.24) is 14.9 Å². The molecule has 0 saturated carbocycles. The van der Waals surface area contributed by atoms with Crippen molar-refractivity contribution in [2.75, 3.05) is 12.1 Å². The molecule has 3 N–H and O–H groups in total. The zero-order chi connectivity index (χ0) is 10.8. The lowest BCUT2D eigenvalue weighted by Crippen LogP contribution is -2.10. The van der Waals surface area contributed by atoms with Crippen molar-refractivity contribution < 1.29 is 0 Å². The first-order valence-electron chi connectivity index (χ1n) is 4.30. The van der Waals surface area contributed by atoms with E-state index in [0.29, 0.717) is 10.6 Å². The highest BCUT2D eigenvalue weighted by Crippen LogP contribution is 2.27. The molecule has 6 heteroatoms. The molecule has 2 aromatic rings. The molecule has 0 amide bonds. The molecule has 1 aromatic carbocycles. The Morgan fingerprint density at radius 1 is 1.47 bits per heavy atom. The van der Waals surface area contributed by atoms with Gasteiger partial charge >= 0.3 is 0 Å². The van der Waals surface area contributed by atoms with Crippen LogP contribution in [0.1, 0.15) is 0 Å². The van der Waals surface area contributed by atoms with Crippen LogP contribution in [0.15, 0.2) is 29.2 Å². The second-order valence-electron chi connectivity index (χ2n) is 2.92. The van der Waals surface area contributed by atoms with Crippen molar-refractivity contribution >= 4 is 24.0 Å². The van der Waals surface area contributed by atoms with Gasteiger partial charge in [-0.2, -0.15) is 5.10 Å². The highest BCUT2D eigenvalue weighted by atomic mass is 32.2. The zero-order valence-corrected chi connectivity index (χ0v) is 9.73. The summed E-state index contributed by atoms with van der Waals surface area (Å²) in [7, 11) is 0. The average molecular weight is 238 g/mol. The van der Waals surface area contributed by atoms with E-state index in [0.717, 1.165) is 10.5 Å². The number of thioether (sulfide) groups is 1. The molecule has 0 saturated heterocycles. The predicted octanol–water partition coefficient (Wildman–Crippen LogP) is 2.04. The Morgan fingerprint density at radius 2 is 2.20 bits per heavy atom. The summed E-state index contributed by atoms with van der Waals surface area (Å²) in [6.07, 6.45) is 2.01. The maximum Gasteiger partial charge on any atom is 0.214 e. The summed E-state index contributed by atoms with van der Waals surface area (Å²) in [6.45, 7) is 0. The fourth-order valence-corrected chi connectivity index (χ4v) is 2.05. The van der Waals surface area contributed by atoms with Gasteiger partial charge in [0.05, 0.1) is 0 Å². The van der Waals surface area contributed by atoms with Crippen LogP contribution < -0.4 is 5.84 Å². The van der Waals surface area contributed by atoms with E-state index >= 15 is 0 Å². The summed E-state index contributed by atoms with van der Waals surface area (Å²) in [6, 6.07) is 7.93. The van der Waals surface area contributed by atoms with Gasteiger partial charge in [0, 0.05) is 10.5 Å². The number of nitrogens with two attached hydrogens (primary N) is 1. The Bertz CT molecular complexity index is 529. The topological polar surface area (TPSA) is 59.6 Å². The molecule has 0 aliphatic rings. The number of hydrogen-bond acceptors (Lipinski definition) is 4. The molecule has 0 atom stereocenters. The summed E-state index contributed by atoms with van der Waals surface area (Å²) in [5, 5.41) is 6.77. The van der Waals surface area contributed by atoms with E-state index in [2.05, 4.69) is 10.2 Å². The Labute approximate surface area is 96.5 Å². The van der Waals surface area contributed by atoms with Crippen LogP contribution in [-0.2, 0) is 0 Å². The number of aromatic amines is 1. The van der Waals surface area contributed by atoms with Crippen LogP contribution in [-0.4, -0.2) is 21.1 Å². The standard InChI is InChI=1S/C9H10N4S2/c1-15-7-5-3-2-4-6(7)8-11-12-9(14)13(8)10/h2-5H,10H2,1H3,(H,12,14). The number of nitrogens with one attached hydrogen (secondary N) is 1. The number of aromatic nitrogens is 3. The summed E-state index contributed by atoms with van der Waals surface area (Å²) < 4.78 is 1.80. The average Bonchev–Trinajstić information content (AvgIpc) is 2.60. The van der Waals surface area contributed by atoms with Crippen LogP contribution in [0.4, 0.5) is 0 Å². The first kappa shape index (κ1) is 10.3. The highest BCUT2D eigenvalue weighted by molar-refractivity contribution is 7.98. The lowest BCUT2D eigenvalue weighted by atomic mass is 10.2. The van der Waals surface area contributed by atoms with Gasteiger partial charge in [0.1, 0.15) is 0 Å². The van der Waals surface area contributed by atoms with Gasteiger partial charge in [-0.1, -0.05) is 12.1 Å². The molecule has 0 spiro atoms. The smallest absolute Gasteiger partial charge is 0.214 e. The highest BCUT2D eigenvalue weighted by Gasteiger charge is 2.09. The van der Waals surface area contributed by atoms with E-state index in [1.54, 1.807) is 11.8 Å². The van der Waals surface area contributed by atoms with Gasteiger partial charge in [-0.05, 0) is 30.6 Å². The summed E-state index contributed by atoms with van der Waals surface area (Å²) in [4.78, 5) is 1.12. The van der Waals surface area contributed by atoms with E-state index in [-0.39, 0.29) is 0 Å². The number of nitrogen functional groups attached to an aromatic ring is 1. The molecule has 78 valence electrons. The Balaban J connectivity index is 2.63. The van der Waals surface area contributed by atoms with Crippen molar-refractivity contribution in [2.24, 2.45) is 0 Å². The largest absolute Gasteiger partial charge is 0.335 e. The third kappa shape index (κ3) is 1.78. The van der Waals surface area contributed by atoms with E-state index in [1.165, 1.54) is 4.68 Å². The Morgan fingerprint density at radius 3 is 2.80 bits per heavy atom. The lowest BCUT2D eigenvalue weighted by molar-refractivity contribution is 0.981. The lowest BCUT2D eigenvalue weighted by Gasteiger charge is -2.05. The van der Waals surface area contributed by atoms with Gasteiger partial charge in [0.15, 0.2) is 5.82 Å². The van der Waals surface area contributed by atoms with Gasteiger partial charge in [-0.3, -0.25) is 0 Å². The van der Waals surface area contributed by atoms with Crippen LogP contribution in [0, 0.1) is 4.77 Å². The normalized spacial score (nSPS) is 10.5. The van der Waals surface area contributed by atoms with Crippen LogP contribution in [0.25, 0.3) is 11.4 Å². The molecule has 0 aliphatic heterocycles. The number of hydrogen-bond donors (Lipinski definition) is 2. The summed E-state index contributed by atoms with van der Waals surface area (Å²) in [5.41, 5.74) is 0.986. The van der Waals surface area contributed by atoms with Crippen LogP contribution >= 0.6 is 24.0 Å². The van der Waals surface area contributed by atoms with Crippen LogP contribution in [0.3, 0.4) is 0 Å². The Kier molecular flexibility index (Phi) is 2.79. The molecule has 1 aromatic heterocycles. The zero-order valence-electron chi connectivity index (χ0n) is 8.10. The molecule has 0 fully saturated rings. The minimum Gasteiger partial charge on any atom is -0.335 e. The molecule has 0 aliphatic carbocycles. The first-order valence-corrected chi connectivity index (χ1v) is 5.93. The van der Waals surface area contributed by atoms with Gasteiger partial charge < -0.3 is 5.84 Å². The van der Waals surface area contributed by atoms with Crippen LogP contribution in [0.5, 0.6) is 0 Å². The van der Waals surface area contributed by atoms with Gasteiger partial charge in [-0.25, -0.2) is 9.77 Å². The quantitative estimate of drug-likeness (QED) is 0.477. The molecule has 2 rings (SSSR count). The molecule has 0 unspecified atom stereocenters. The third-order valence-corrected chi connectivity index (χ3v) is 3.14. The molecular weight excluding hydrogens is 228 g/mol. The van der Waals surface area contributed by atoms with Crippen molar-refractivity contribution in [3.63, 3.8) is 0 Å².